The number of unbranched alkanes of at least 4 members (excludes halogenated alkanes) is 15. The number of hydrogen-bond acceptors (Lipinski definition) is 8. The van der Waals surface area contributed by atoms with Gasteiger partial charge in [0.2, 0.25) is 0 Å². The lowest BCUT2D eigenvalue weighted by atomic mass is 10.1. The molecule has 0 saturated heterocycles. The van der Waals surface area contributed by atoms with Gasteiger partial charge in [0, 0.05) is 12.8 Å². The molecule has 0 aliphatic heterocycles. The Morgan fingerprint density at radius 1 is 0.660 bits per heavy atom. The van der Waals surface area contributed by atoms with Crippen LogP contribution in [0.2, 0.25) is 0 Å². The molecule has 0 radical (unpaired) electrons. The number of quaternary nitrogens is 1. The lowest BCUT2D eigenvalue weighted by molar-refractivity contribution is -0.870. The van der Waals surface area contributed by atoms with Crippen LogP contribution in [0.3, 0.4) is 0 Å². The van der Waals surface area contributed by atoms with E-state index in [2.05, 4.69) is 38.2 Å². The molecule has 0 amide bonds. The number of hydrogen-bond donors (Lipinski definition) is 0. The molecule has 0 fully saturated rings. The highest BCUT2D eigenvalue weighted by Crippen LogP contribution is 2.38. The van der Waals surface area contributed by atoms with Crippen molar-refractivity contribution >= 4 is 19.8 Å². The van der Waals surface area contributed by atoms with Gasteiger partial charge in [0.15, 0.2) is 6.10 Å². The van der Waals surface area contributed by atoms with Crippen molar-refractivity contribution < 1.29 is 42.1 Å². The lowest BCUT2D eigenvalue weighted by Crippen LogP contribution is -2.37. The normalized spacial score (nSPS) is 14.1. The van der Waals surface area contributed by atoms with E-state index in [0.29, 0.717) is 17.4 Å². The first kappa shape index (κ1) is 45.5. The van der Waals surface area contributed by atoms with E-state index in [1.807, 2.05) is 21.1 Å². The van der Waals surface area contributed by atoms with E-state index >= 15 is 0 Å². The summed E-state index contributed by atoms with van der Waals surface area (Å²) in [7, 11) is 1.15. The number of rotatable bonds is 33. The van der Waals surface area contributed by atoms with E-state index in [0.717, 1.165) is 64.2 Å². The fourth-order valence-electron chi connectivity index (χ4n) is 4.73. The third-order valence-corrected chi connectivity index (χ3v) is 8.69. The van der Waals surface area contributed by atoms with Crippen LogP contribution in [0.25, 0.3) is 0 Å². The Kier molecular flexibility index (Phi) is 29.6. The van der Waals surface area contributed by atoms with E-state index in [4.69, 9.17) is 18.5 Å². The molecule has 0 N–H and O–H groups in total. The minimum Gasteiger partial charge on any atom is -0.756 e. The number of carbonyl (C=O) groups excluding carboxylic acids is 2. The minimum atomic E-state index is -4.61. The summed E-state index contributed by atoms with van der Waals surface area (Å²) >= 11 is 0. The molecule has 9 nitrogen and oxygen atoms in total. The highest BCUT2D eigenvalue weighted by atomic mass is 31.2. The number of likely N-dealkylation sites (N-methyl/N-ethyl adjacent to an activating group) is 1. The van der Waals surface area contributed by atoms with Crippen molar-refractivity contribution in [3.63, 3.8) is 0 Å². The SMILES string of the molecule is CCCC/C=C\C/C=C\CCCCCCCC(=O)OC(COC(=O)CCCCCCCCCCC)COP(=O)([O-])OCC[N+](C)(C)C. The number of esters is 2. The summed E-state index contributed by atoms with van der Waals surface area (Å²) in [5.74, 6) is -0.855. The average Bonchev–Trinajstić information content (AvgIpc) is 3.01. The zero-order valence-corrected chi connectivity index (χ0v) is 31.6. The predicted octanol–water partition coefficient (Wildman–Crippen LogP) is 8.99. The van der Waals surface area contributed by atoms with Crippen molar-refractivity contribution in [2.24, 2.45) is 0 Å². The van der Waals surface area contributed by atoms with Crippen LogP contribution in [0.15, 0.2) is 24.3 Å². The molecule has 0 rings (SSSR count). The summed E-state index contributed by atoms with van der Waals surface area (Å²) in [5.41, 5.74) is 0. The van der Waals surface area contributed by atoms with E-state index in [9.17, 15) is 19.0 Å². The van der Waals surface area contributed by atoms with Crippen LogP contribution < -0.4 is 4.89 Å². The van der Waals surface area contributed by atoms with Gasteiger partial charge in [0.1, 0.15) is 19.8 Å². The van der Waals surface area contributed by atoms with E-state index in [1.165, 1.54) is 51.4 Å². The fourth-order valence-corrected chi connectivity index (χ4v) is 5.46. The van der Waals surface area contributed by atoms with Gasteiger partial charge in [-0.3, -0.25) is 14.2 Å². The predicted molar refractivity (Wildman–Crippen MR) is 190 cm³/mol. The smallest absolute Gasteiger partial charge is 0.306 e. The van der Waals surface area contributed by atoms with Gasteiger partial charge in [0.25, 0.3) is 7.82 Å². The third kappa shape index (κ3) is 34.2. The maximum Gasteiger partial charge on any atom is 0.306 e. The number of nitrogens with zero attached hydrogens (tertiary/aromatic N) is 1. The van der Waals surface area contributed by atoms with Crippen molar-refractivity contribution in [3.8, 4) is 0 Å². The molecule has 0 aromatic heterocycles. The minimum absolute atomic E-state index is 0.0325. The van der Waals surface area contributed by atoms with Gasteiger partial charge in [0.05, 0.1) is 27.7 Å². The quantitative estimate of drug-likeness (QED) is 0.0221. The average molecular weight is 688 g/mol. The monoisotopic (exact) mass is 687 g/mol. The van der Waals surface area contributed by atoms with Crippen LogP contribution in [0, 0.1) is 0 Å². The number of phosphoric acid groups is 1. The zero-order valence-electron chi connectivity index (χ0n) is 30.7. The number of phosphoric ester groups is 1. The van der Waals surface area contributed by atoms with Crippen LogP contribution in [-0.2, 0) is 32.7 Å². The lowest BCUT2D eigenvalue weighted by Gasteiger charge is -2.28. The molecule has 2 atom stereocenters. The Hall–Kier alpha value is -1.51. The van der Waals surface area contributed by atoms with Crippen molar-refractivity contribution in [1.29, 1.82) is 0 Å². The molecule has 276 valence electrons. The molecule has 0 saturated carbocycles. The third-order valence-electron chi connectivity index (χ3n) is 7.72. The molecular weight excluding hydrogens is 617 g/mol. The molecule has 0 bridgehead atoms. The van der Waals surface area contributed by atoms with Crippen molar-refractivity contribution in [2.75, 3.05) is 47.5 Å². The van der Waals surface area contributed by atoms with E-state index in [-0.39, 0.29) is 26.1 Å². The zero-order chi connectivity index (χ0) is 35.1. The maximum absolute atomic E-state index is 12.6. The van der Waals surface area contributed by atoms with Crippen molar-refractivity contribution in [3.05, 3.63) is 24.3 Å². The summed E-state index contributed by atoms with van der Waals surface area (Å²) < 4.78 is 33.6. The maximum atomic E-state index is 12.6. The van der Waals surface area contributed by atoms with Gasteiger partial charge in [-0.05, 0) is 38.5 Å². The van der Waals surface area contributed by atoms with Gasteiger partial charge >= 0.3 is 11.9 Å². The molecule has 0 aliphatic rings. The summed E-state index contributed by atoms with van der Waals surface area (Å²) in [6, 6.07) is 0. The molecular formula is C37H70NO8P. The van der Waals surface area contributed by atoms with Crippen molar-refractivity contribution in [2.45, 2.75) is 155 Å². The van der Waals surface area contributed by atoms with Crippen LogP contribution in [0.4, 0.5) is 0 Å². The molecule has 0 spiro atoms. The molecule has 10 heteroatoms. The second-order valence-corrected chi connectivity index (χ2v) is 15.0. The van der Waals surface area contributed by atoms with Crippen LogP contribution in [0.1, 0.15) is 149 Å². The molecule has 0 aromatic rings. The highest BCUT2D eigenvalue weighted by molar-refractivity contribution is 7.45. The number of ether oxygens (including phenoxy) is 2. The topological polar surface area (TPSA) is 111 Å². The van der Waals surface area contributed by atoms with Gasteiger partial charge in [-0.15, -0.1) is 0 Å². The fraction of sp³-hybridized carbons (Fsp3) is 0.838. The largest absolute Gasteiger partial charge is 0.756 e. The Morgan fingerprint density at radius 2 is 1.17 bits per heavy atom. The van der Waals surface area contributed by atoms with Crippen LogP contribution in [0.5, 0.6) is 0 Å². The molecule has 0 heterocycles. The first-order valence-corrected chi connectivity index (χ1v) is 20.0. The van der Waals surface area contributed by atoms with Crippen LogP contribution >= 0.6 is 7.82 Å². The first-order valence-electron chi connectivity index (χ1n) is 18.5. The van der Waals surface area contributed by atoms with Crippen LogP contribution in [-0.4, -0.2) is 70.0 Å². The van der Waals surface area contributed by atoms with E-state index in [1.54, 1.807) is 0 Å². The molecule has 2 unspecified atom stereocenters. The number of allylic oxidation sites excluding steroid dienone is 4. The Balaban J connectivity index is 4.48. The summed E-state index contributed by atoms with van der Waals surface area (Å²) in [6.07, 6.45) is 29.2. The van der Waals surface area contributed by atoms with E-state index < -0.39 is 32.5 Å². The summed E-state index contributed by atoms with van der Waals surface area (Å²) in [5, 5.41) is 0. The first-order chi connectivity index (χ1) is 22.5. The summed E-state index contributed by atoms with van der Waals surface area (Å²) in [4.78, 5) is 37.2. The van der Waals surface area contributed by atoms with Crippen molar-refractivity contribution in [1.82, 2.24) is 0 Å². The van der Waals surface area contributed by atoms with Gasteiger partial charge in [-0.2, -0.15) is 0 Å². The summed E-state index contributed by atoms with van der Waals surface area (Å²) in [6.45, 7) is 4.12. The second kappa shape index (κ2) is 30.5. The Bertz CT molecular complexity index is 871. The number of carbonyl (C=O) groups is 2. The molecule has 0 aromatic carbocycles. The molecule has 47 heavy (non-hydrogen) atoms. The Labute approximate surface area is 288 Å². The second-order valence-electron chi connectivity index (χ2n) is 13.6. The van der Waals surface area contributed by atoms with Gasteiger partial charge in [-0.1, -0.05) is 122 Å². The highest BCUT2D eigenvalue weighted by Gasteiger charge is 2.21. The van der Waals surface area contributed by atoms with Gasteiger partial charge < -0.3 is 27.9 Å². The standard InChI is InChI=1S/C37H70NO8P/c1-6-8-10-12-14-16-17-18-19-20-22-24-26-28-30-37(40)46-35(34-45-47(41,42)44-32-31-38(3,4)5)33-43-36(39)29-27-25-23-21-15-13-11-9-7-2/h12,14,17-18,35H,6-11,13,15-16,19-34H2,1-5H3/b14-12-,18-17-. The molecule has 0 aliphatic carbocycles. The Morgan fingerprint density at radius 3 is 1.74 bits per heavy atom. The van der Waals surface area contributed by atoms with Gasteiger partial charge in [-0.25, -0.2) is 0 Å².